The Morgan fingerprint density at radius 2 is 1.24 bits per heavy atom. The van der Waals surface area contributed by atoms with Crippen LogP contribution >= 0.6 is 11.6 Å². The van der Waals surface area contributed by atoms with E-state index in [9.17, 15) is 51.8 Å². The Hall–Kier alpha value is -7.10. The van der Waals surface area contributed by atoms with Crippen molar-refractivity contribution >= 4 is 82.5 Å². The van der Waals surface area contributed by atoms with Crippen LogP contribution in [0.5, 0.6) is 0 Å². The number of nitrogens with one attached hydrogen (secondary N) is 3. The number of hydrogen-bond acceptors (Lipinski definition) is 13. The van der Waals surface area contributed by atoms with Crippen molar-refractivity contribution in [3.63, 3.8) is 0 Å². The van der Waals surface area contributed by atoms with Gasteiger partial charge in [-0.1, -0.05) is 102 Å². The number of fused-ring (bicyclic) bond motifs is 1. The number of hydrogen-bond donors (Lipinski definition) is 4. The van der Waals surface area contributed by atoms with Gasteiger partial charge in [0.15, 0.2) is 0 Å². The van der Waals surface area contributed by atoms with Crippen molar-refractivity contribution in [3.8, 4) is 0 Å². The van der Waals surface area contributed by atoms with Crippen molar-refractivity contribution in [2.75, 3.05) is 88.6 Å². The largest absolute Gasteiger partial charge is 0.417 e. The molecule has 0 radical (unpaired) electrons. The third-order valence-electron chi connectivity index (χ3n) is 22.0. The molecule has 9 atom stereocenters. The first-order chi connectivity index (χ1) is 47.2. The van der Waals surface area contributed by atoms with Crippen LogP contribution in [0.4, 0.5) is 13.2 Å². The number of halogens is 4. The van der Waals surface area contributed by atoms with E-state index in [1.807, 2.05) is 0 Å². The van der Waals surface area contributed by atoms with Gasteiger partial charge < -0.3 is 65.2 Å². The number of aliphatic hydroxyl groups excluding tert-OH is 1. The summed E-state index contributed by atoms with van der Waals surface area (Å²) in [7, 11) is 9.65. The fourth-order valence-corrected chi connectivity index (χ4v) is 16.0. The SMILES string of the molecule is CC[C@H](C)[C@@H]1NC(=O)[C@H]([C@@H](C)O)N(C)C(=O)C[C@@H](C(=O)N2CCCCC2)N(C)C(=O)[C@H](C2CCCCC2)N(C)C(=O)C2(CCCC2)NC(=O)[C@@H]2CCCN2C(=O)[C@H](CCc2ccc(C(F)(F)F)c(Cl)c2)NC(=O)CN(C)C(=O)[C@H](CC2CCCCC2)N(C)C(=O)CN(C)C(=O)CN(C)C1=O. The molecule has 3 aliphatic carbocycles. The molecule has 6 fully saturated rings. The zero-order valence-corrected chi connectivity index (χ0v) is 60.9. The van der Waals surface area contributed by atoms with Gasteiger partial charge in [-0.25, -0.2) is 0 Å². The van der Waals surface area contributed by atoms with E-state index in [2.05, 4.69) is 16.0 Å². The Morgan fingerprint density at radius 3 is 1.84 bits per heavy atom. The summed E-state index contributed by atoms with van der Waals surface area (Å²) in [5.41, 5.74) is -2.37. The van der Waals surface area contributed by atoms with Crippen LogP contribution in [0.3, 0.4) is 0 Å². The second-order valence-electron chi connectivity index (χ2n) is 29.2. The van der Waals surface area contributed by atoms with Crippen molar-refractivity contribution < 1.29 is 75.8 Å². The molecule has 558 valence electrons. The fourth-order valence-electron chi connectivity index (χ4n) is 15.7. The first kappa shape index (κ1) is 80.2. The quantitative estimate of drug-likeness (QED) is 0.246. The van der Waals surface area contributed by atoms with E-state index in [4.69, 9.17) is 11.6 Å². The molecule has 7 rings (SSSR count). The van der Waals surface area contributed by atoms with Gasteiger partial charge in [0.25, 0.3) is 0 Å². The van der Waals surface area contributed by atoms with E-state index in [-0.39, 0.29) is 51.0 Å². The van der Waals surface area contributed by atoms with Gasteiger partial charge in [0.2, 0.25) is 70.9 Å². The zero-order chi connectivity index (χ0) is 73.7. The van der Waals surface area contributed by atoms with Crippen molar-refractivity contribution in [3.05, 3.63) is 34.3 Å². The number of rotatable bonds is 10. The number of aryl methyl sites for hydroxylation is 1. The third-order valence-corrected chi connectivity index (χ3v) is 22.3. The maximum atomic E-state index is 15.7. The lowest BCUT2D eigenvalue weighted by Crippen LogP contribution is -2.65. The summed E-state index contributed by atoms with van der Waals surface area (Å²) >= 11 is 6.15. The number of benzene rings is 1. The summed E-state index contributed by atoms with van der Waals surface area (Å²) in [4.78, 5) is 190. The summed E-state index contributed by atoms with van der Waals surface area (Å²) < 4.78 is 41.6. The molecule has 12 amide bonds. The van der Waals surface area contributed by atoms with Crippen molar-refractivity contribution in [1.29, 1.82) is 0 Å². The highest BCUT2D eigenvalue weighted by atomic mass is 35.5. The summed E-state index contributed by atoms with van der Waals surface area (Å²) in [5, 5.41) is 19.4. The molecule has 0 unspecified atom stereocenters. The number of carbonyl (C=O) groups excluding carboxylic acids is 12. The smallest absolute Gasteiger partial charge is 0.391 e. The standard InChI is InChI=1S/C71H108ClF3N12O13/c1-11-44(2)59-67(98)81(6)42-57(91)79(4)43-58(92)82(7)53(39-46-24-15-12-16-25-46)65(96)80(5)41-55(89)76-51(32-30-47-29-31-49(50(72)38-47)71(73,74)75)64(95)87-37-23-28-52(87)62(93)78-70(33-19-20-34-70)69(100)85(10)61(48-26-17-13-18-27-48)68(99)83(8)54(66(97)86-35-21-14-22-36-86)40-56(90)84(9)60(45(3)88)63(94)77-59/h29,31,38,44-46,48,51-54,59-61,88H,11-28,30,32-37,39-43H2,1-10H3,(H,76,89)(H,77,94)(H,78,93)/t44-,45+,51-,52-,53-,54-,59-,60-,61-/m0/s1. The van der Waals surface area contributed by atoms with E-state index in [1.165, 1.54) is 81.9 Å². The predicted octanol–water partition coefficient (Wildman–Crippen LogP) is 4.76. The molecule has 25 nitrogen and oxygen atoms in total. The van der Waals surface area contributed by atoms with Gasteiger partial charge in [-0.05, 0) is 119 Å². The Balaban J connectivity index is 1.28. The molecule has 0 aromatic heterocycles. The molecule has 0 bridgehead atoms. The Bertz CT molecular complexity index is 3120. The number of alkyl halides is 3. The second-order valence-corrected chi connectivity index (χ2v) is 29.6. The van der Waals surface area contributed by atoms with Gasteiger partial charge in [-0.2, -0.15) is 13.2 Å². The summed E-state index contributed by atoms with van der Waals surface area (Å²) in [6.07, 6.45) is 4.83. The minimum atomic E-state index is -4.76. The molecule has 1 aromatic rings. The topological polar surface area (TPSA) is 290 Å². The number of nitrogens with zero attached hydrogens (tertiary/aromatic N) is 9. The molecule has 6 aliphatic rings. The average molecular weight is 1430 g/mol. The minimum absolute atomic E-state index is 0.00617. The van der Waals surface area contributed by atoms with Crippen LogP contribution in [0.25, 0.3) is 0 Å². The van der Waals surface area contributed by atoms with E-state index in [0.29, 0.717) is 70.0 Å². The monoisotopic (exact) mass is 1430 g/mol. The van der Waals surface area contributed by atoms with Crippen LogP contribution in [0, 0.1) is 17.8 Å². The van der Waals surface area contributed by atoms with Crippen LogP contribution in [-0.2, 0) is 70.1 Å². The second kappa shape index (κ2) is 35.7. The van der Waals surface area contributed by atoms with Crippen LogP contribution in [0.1, 0.15) is 180 Å². The lowest BCUT2D eigenvalue weighted by atomic mass is 9.81. The maximum Gasteiger partial charge on any atom is 0.417 e. The van der Waals surface area contributed by atoms with E-state index < -0.39 is 179 Å². The summed E-state index contributed by atoms with van der Waals surface area (Å²) in [6, 6.07) is -6.29. The molecule has 1 spiro atoms. The fraction of sp³-hybridized carbons (Fsp3) is 0.746. The van der Waals surface area contributed by atoms with Crippen LogP contribution in [0.2, 0.25) is 5.02 Å². The first-order valence-corrected chi connectivity index (χ1v) is 36.4. The highest BCUT2D eigenvalue weighted by molar-refractivity contribution is 6.31. The van der Waals surface area contributed by atoms with Crippen LogP contribution in [0.15, 0.2) is 18.2 Å². The van der Waals surface area contributed by atoms with Crippen LogP contribution < -0.4 is 16.0 Å². The Kier molecular flexibility index (Phi) is 28.6. The van der Waals surface area contributed by atoms with E-state index in [1.54, 1.807) is 18.7 Å². The number of likely N-dealkylation sites (tertiary alicyclic amines) is 1. The molecule has 3 saturated heterocycles. The first-order valence-electron chi connectivity index (χ1n) is 36.1. The molecule has 100 heavy (non-hydrogen) atoms. The maximum absolute atomic E-state index is 15.7. The van der Waals surface area contributed by atoms with Gasteiger partial charge in [0.05, 0.1) is 42.7 Å². The number of carbonyl (C=O) groups is 12. The average Bonchev–Trinajstić information content (AvgIpc) is 1.50. The summed E-state index contributed by atoms with van der Waals surface area (Å²) in [6.45, 7) is 3.70. The van der Waals surface area contributed by atoms with Gasteiger partial charge in [0.1, 0.15) is 47.8 Å². The molecule has 4 N–H and O–H groups in total. The Morgan fingerprint density at radius 1 is 0.640 bits per heavy atom. The number of amides is 12. The molecule has 3 aliphatic heterocycles. The summed E-state index contributed by atoms with van der Waals surface area (Å²) in [5.74, 6) is -9.43. The lowest BCUT2D eigenvalue weighted by molar-refractivity contribution is -0.157. The number of piperidine rings is 1. The van der Waals surface area contributed by atoms with Gasteiger partial charge in [0, 0.05) is 69.0 Å². The van der Waals surface area contributed by atoms with Crippen LogP contribution in [-0.4, -0.2) is 263 Å². The molecule has 1 aromatic carbocycles. The number of likely N-dealkylation sites (N-methyl/N-ethyl adjacent to an activating group) is 7. The van der Waals surface area contributed by atoms with E-state index in [0.717, 1.165) is 89.5 Å². The lowest BCUT2D eigenvalue weighted by Gasteiger charge is -2.43. The van der Waals surface area contributed by atoms with Crippen molar-refractivity contribution in [1.82, 2.24) is 60.0 Å². The van der Waals surface area contributed by atoms with Gasteiger partial charge >= 0.3 is 6.18 Å². The van der Waals surface area contributed by atoms with E-state index >= 15 is 24.0 Å². The highest BCUT2D eigenvalue weighted by Crippen LogP contribution is 2.38. The van der Waals surface area contributed by atoms with Gasteiger partial charge in [-0.15, -0.1) is 0 Å². The Labute approximate surface area is 591 Å². The number of aliphatic hydroxyl groups is 1. The predicted molar refractivity (Wildman–Crippen MR) is 366 cm³/mol. The zero-order valence-electron chi connectivity index (χ0n) is 60.2. The minimum Gasteiger partial charge on any atom is -0.391 e. The molecular formula is C71H108ClF3N12O13. The normalized spacial score (nSPS) is 27.2. The molecular weight excluding hydrogens is 1320 g/mol. The van der Waals surface area contributed by atoms with Crippen molar-refractivity contribution in [2.24, 2.45) is 17.8 Å². The molecule has 29 heteroatoms. The molecule has 3 saturated carbocycles. The molecule has 3 heterocycles. The third kappa shape index (κ3) is 19.7. The van der Waals surface area contributed by atoms with Crippen molar-refractivity contribution in [2.45, 2.75) is 235 Å². The highest BCUT2D eigenvalue weighted by Gasteiger charge is 2.52. The van der Waals surface area contributed by atoms with Gasteiger partial charge in [-0.3, -0.25) is 57.5 Å².